The highest BCUT2D eigenvalue weighted by Gasteiger charge is 2.23. The van der Waals surface area contributed by atoms with Crippen molar-refractivity contribution in [2.75, 3.05) is 19.4 Å². The maximum atomic E-state index is 13.9. The zero-order valence-corrected chi connectivity index (χ0v) is 15.4. The number of nitrogens with zero attached hydrogens (tertiary/aromatic N) is 1. The van der Waals surface area contributed by atoms with E-state index < -0.39 is 26.6 Å². The topological polar surface area (TPSA) is 66.5 Å². The van der Waals surface area contributed by atoms with Gasteiger partial charge in [0.05, 0.1) is 0 Å². The fraction of sp³-hybridized carbons (Fsp3) is 0.278. The molecule has 1 amide bonds. The number of amides is 1. The summed E-state index contributed by atoms with van der Waals surface area (Å²) in [7, 11) is -1.37. The van der Waals surface area contributed by atoms with E-state index in [0.29, 0.717) is 11.6 Å². The highest BCUT2D eigenvalue weighted by molar-refractivity contribution is 7.89. The van der Waals surface area contributed by atoms with E-state index in [1.165, 1.54) is 20.2 Å². The van der Waals surface area contributed by atoms with Crippen molar-refractivity contribution in [1.29, 1.82) is 0 Å². The van der Waals surface area contributed by atoms with E-state index in [0.717, 1.165) is 22.0 Å². The second-order valence-corrected chi connectivity index (χ2v) is 8.29. The van der Waals surface area contributed by atoms with Gasteiger partial charge in [0.15, 0.2) is 0 Å². The van der Waals surface area contributed by atoms with Gasteiger partial charge >= 0.3 is 0 Å². The molecule has 0 fully saturated rings. The molecule has 2 aromatic carbocycles. The molecule has 0 atom stereocenters. The average Bonchev–Trinajstić information content (AvgIpc) is 2.55. The van der Waals surface area contributed by atoms with Crippen LogP contribution in [0.15, 0.2) is 47.4 Å². The lowest BCUT2D eigenvalue weighted by atomic mass is 10.0. The summed E-state index contributed by atoms with van der Waals surface area (Å²) < 4.78 is 39.1. The molecule has 0 aromatic heterocycles. The van der Waals surface area contributed by atoms with Crippen molar-refractivity contribution in [1.82, 2.24) is 4.31 Å². The van der Waals surface area contributed by atoms with E-state index in [-0.39, 0.29) is 5.56 Å². The molecule has 2 rings (SSSR count). The van der Waals surface area contributed by atoms with Crippen LogP contribution in [0.3, 0.4) is 0 Å². The highest BCUT2D eigenvalue weighted by atomic mass is 32.2. The van der Waals surface area contributed by atoms with Gasteiger partial charge in [-0.05, 0) is 41.8 Å². The molecule has 0 aliphatic carbocycles. The molecular formula is C18H21FN2O3S. The second-order valence-electron chi connectivity index (χ2n) is 6.17. The molecule has 0 aliphatic heterocycles. The monoisotopic (exact) mass is 364 g/mol. The minimum Gasteiger partial charge on any atom is -0.322 e. The number of carbonyl (C=O) groups excluding carboxylic acids is 1. The molecule has 0 saturated carbocycles. The molecule has 5 nitrogen and oxygen atoms in total. The molecule has 2 aromatic rings. The number of benzene rings is 2. The zero-order valence-electron chi connectivity index (χ0n) is 14.6. The van der Waals surface area contributed by atoms with Crippen molar-refractivity contribution < 1.29 is 17.6 Å². The Bertz CT molecular complexity index is 893. The molecule has 0 unspecified atom stereocenters. The normalized spacial score (nSPS) is 11.8. The van der Waals surface area contributed by atoms with Crippen molar-refractivity contribution in [2.45, 2.75) is 24.7 Å². The highest BCUT2D eigenvalue weighted by Crippen LogP contribution is 2.22. The molecule has 25 heavy (non-hydrogen) atoms. The van der Waals surface area contributed by atoms with Crippen LogP contribution in [-0.2, 0) is 10.0 Å². The Morgan fingerprint density at radius 1 is 1.12 bits per heavy atom. The van der Waals surface area contributed by atoms with Gasteiger partial charge in [-0.15, -0.1) is 0 Å². The van der Waals surface area contributed by atoms with Crippen molar-refractivity contribution in [2.24, 2.45) is 0 Å². The predicted octanol–water partition coefficient (Wildman–Crippen LogP) is 3.45. The first-order valence-corrected chi connectivity index (χ1v) is 9.20. The van der Waals surface area contributed by atoms with Crippen molar-refractivity contribution in [3.8, 4) is 0 Å². The number of halogens is 1. The van der Waals surface area contributed by atoms with Crippen LogP contribution in [0.25, 0.3) is 0 Å². The number of carbonyl (C=O) groups is 1. The van der Waals surface area contributed by atoms with Crippen LogP contribution in [0, 0.1) is 5.82 Å². The van der Waals surface area contributed by atoms with Crippen LogP contribution in [0.5, 0.6) is 0 Å². The van der Waals surface area contributed by atoms with E-state index in [4.69, 9.17) is 0 Å². The van der Waals surface area contributed by atoms with Gasteiger partial charge in [0.25, 0.3) is 5.91 Å². The van der Waals surface area contributed by atoms with Gasteiger partial charge in [0, 0.05) is 25.3 Å². The fourth-order valence-electron chi connectivity index (χ4n) is 2.22. The Balaban J connectivity index is 2.33. The van der Waals surface area contributed by atoms with E-state index in [1.54, 1.807) is 6.07 Å². The molecule has 1 N–H and O–H groups in total. The maximum absolute atomic E-state index is 13.9. The minimum absolute atomic E-state index is 0.0665. The van der Waals surface area contributed by atoms with Crippen molar-refractivity contribution in [3.05, 3.63) is 59.4 Å². The van der Waals surface area contributed by atoms with Crippen LogP contribution < -0.4 is 5.32 Å². The Hall–Kier alpha value is -2.25. The summed E-state index contributed by atoms with van der Waals surface area (Å²) in [5.41, 5.74) is 1.72. The van der Waals surface area contributed by atoms with E-state index in [9.17, 15) is 17.6 Å². The Kier molecular flexibility index (Phi) is 5.59. The van der Waals surface area contributed by atoms with Gasteiger partial charge < -0.3 is 5.32 Å². The SMILES string of the molecule is CC(C)c1cccc(NC(=O)c2ccc(F)c(S(=O)(=O)N(C)C)c2)c1. The zero-order chi connectivity index (χ0) is 18.8. The maximum Gasteiger partial charge on any atom is 0.255 e. The predicted molar refractivity (Wildman–Crippen MR) is 95.8 cm³/mol. The fourth-order valence-corrected chi connectivity index (χ4v) is 3.20. The van der Waals surface area contributed by atoms with Crippen molar-refractivity contribution >= 4 is 21.6 Å². The molecule has 0 spiro atoms. The van der Waals surface area contributed by atoms with Crippen LogP contribution in [0.2, 0.25) is 0 Å². The largest absolute Gasteiger partial charge is 0.322 e. The van der Waals surface area contributed by atoms with E-state index in [2.05, 4.69) is 5.32 Å². The Morgan fingerprint density at radius 3 is 2.40 bits per heavy atom. The number of rotatable bonds is 5. The smallest absolute Gasteiger partial charge is 0.255 e. The Labute approximate surface area is 147 Å². The molecule has 0 heterocycles. The molecular weight excluding hydrogens is 343 g/mol. The van der Waals surface area contributed by atoms with Crippen LogP contribution >= 0.6 is 0 Å². The summed E-state index contributed by atoms with van der Waals surface area (Å²) in [6.45, 7) is 4.08. The minimum atomic E-state index is -3.98. The third kappa shape index (κ3) is 4.24. The summed E-state index contributed by atoms with van der Waals surface area (Å²) in [6.07, 6.45) is 0. The molecule has 0 bridgehead atoms. The Morgan fingerprint density at radius 2 is 1.80 bits per heavy atom. The third-order valence-corrected chi connectivity index (χ3v) is 5.59. The van der Waals surface area contributed by atoms with E-state index >= 15 is 0 Å². The number of hydrogen-bond acceptors (Lipinski definition) is 3. The molecule has 0 radical (unpaired) electrons. The number of anilines is 1. The average molecular weight is 364 g/mol. The first-order chi connectivity index (χ1) is 11.6. The van der Waals surface area contributed by atoms with Crippen LogP contribution in [0.4, 0.5) is 10.1 Å². The lowest BCUT2D eigenvalue weighted by Gasteiger charge is -2.13. The van der Waals surface area contributed by atoms with Gasteiger partial charge in [0.2, 0.25) is 10.0 Å². The second kappa shape index (κ2) is 7.33. The quantitative estimate of drug-likeness (QED) is 0.884. The van der Waals surface area contributed by atoms with E-state index in [1.807, 2.05) is 32.0 Å². The van der Waals surface area contributed by atoms with Gasteiger partial charge in [-0.25, -0.2) is 17.1 Å². The van der Waals surface area contributed by atoms with Gasteiger partial charge in [0.1, 0.15) is 10.7 Å². The molecule has 7 heteroatoms. The number of hydrogen-bond donors (Lipinski definition) is 1. The molecule has 134 valence electrons. The van der Waals surface area contributed by atoms with Gasteiger partial charge in [-0.3, -0.25) is 4.79 Å². The summed E-state index contributed by atoms with van der Waals surface area (Å²) in [5, 5.41) is 2.71. The van der Waals surface area contributed by atoms with Gasteiger partial charge in [-0.1, -0.05) is 26.0 Å². The molecule has 0 aliphatic rings. The summed E-state index contributed by atoms with van der Waals surface area (Å²) in [6, 6.07) is 10.7. The first kappa shape index (κ1) is 19.1. The lowest BCUT2D eigenvalue weighted by Crippen LogP contribution is -2.24. The summed E-state index contributed by atoms with van der Waals surface area (Å²) in [4.78, 5) is 11.9. The van der Waals surface area contributed by atoms with Gasteiger partial charge in [-0.2, -0.15) is 0 Å². The lowest BCUT2D eigenvalue weighted by molar-refractivity contribution is 0.102. The first-order valence-electron chi connectivity index (χ1n) is 7.76. The third-order valence-electron chi connectivity index (χ3n) is 3.76. The number of sulfonamides is 1. The summed E-state index contributed by atoms with van der Waals surface area (Å²) >= 11 is 0. The van der Waals surface area contributed by atoms with Crippen LogP contribution in [0.1, 0.15) is 35.7 Å². The standard InChI is InChI=1S/C18H21FN2O3S/c1-12(2)13-6-5-7-15(10-13)20-18(22)14-8-9-16(19)17(11-14)25(23,24)21(3)4/h5-12H,1-4H3,(H,20,22). The van der Waals surface area contributed by atoms with Crippen LogP contribution in [-0.4, -0.2) is 32.7 Å². The number of nitrogens with one attached hydrogen (secondary N) is 1. The summed E-state index contributed by atoms with van der Waals surface area (Å²) in [5.74, 6) is -1.09. The molecule has 0 saturated heterocycles. The van der Waals surface area contributed by atoms with Crippen molar-refractivity contribution in [3.63, 3.8) is 0 Å².